The van der Waals surface area contributed by atoms with Crippen molar-refractivity contribution in [2.75, 3.05) is 37.1 Å². The van der Waals surface area contributed by atoms with Crippen LogP contribution in [0.2, 0.25) is 0 Å². The number of hydrogen-bond donors (Lipinski definition) is 0. The molecule has 0 unspecified atom stereocenters. The number of rotatable bonds is 10. The zero-order valence-electron chi connectivity index (χ0n) is 23.2. The second kappa shape index (κ2) is 13.0. The molecule has 0 aliphatic carbocycles. The van der Waals surface area contributed by atoms with Gasteiger partial charge in [0.05, 0.1) is 17.1 Å². The standard InChI is InChI=1S/C33H35N3O4S/c1-27-12-18-32(19-13-27)41(38,39)36(25-29-10-6-3-7-11-29)30-14-16-31(17-15-30)40-26-33(37)35-22-20-34(21-23-35)24-28-8-4-2-5-9-28/h2-19H,20-26H2,1H3. The van der Waals surface area contributed by atoms with Crippen molar-refractivity contribution in [3.8, 4) is 5.75 Å². The van der Waals surface area contributed by atoms with E-state index in [4.69, 9.17) is 4.74 Å². The third-order valence-corrected chi connectivity index (χ3v) is 9.03. The summed E-state index contributed by atoms with van der Waals surface area (Å²) in [4.78, 5) is 17.2. The molecule has 41 heavy (non-hydrogen) atoms. The molecular weight excluding hydrogens is 534 g/mol. The maximum atomic E-state index is 13.7. The van der Waals surface area contributed by atoms with E-state index in [1.165, 1.54) is 9.87 Å². The Morgan fingerprint density at radius 1 is 0.756 bits per heavy atom. The third kappa shape index (κ3) is 7.34. The summed E-state index contributed by atoms with van der Waals surface area (Å²) >= 11 is 0. The number of nitrogens with zero attached hydrogens (tertiary/aromatic N) is 3. The highest BCUT2D eigenvalue weighted by molar-refractivity contribution is 7.92. The van der Waals surface area contributed by atoms with Gasteiger partial charge >= 0.3 is 0 Å². The van der Waals surface area contributed by atoms with Gasteiger partial charge in [0.1, 0.15) is 5.75 Å². The van der Waals surface area contributed by atoms with Gasteiger partial charge in [-0.1, -0.05) is 78.4 Å². The highest BCUT2D eigenvalue weighted by atomic mass is 32.2. The van der Waals surface area contributed by atoms with Gasteiger partial charge in [-0.15, -0.1) is 0 Å². The molecule has 1 aliphatic rings. The molecule has 0 atom stereocenters. The lowest BCUT2D eigenvalue weighted by atomic mass is 10.2. The number of hydrogen-bond acceptors (Lipinski definition) is 5. The Hall–Kier alpha value is -4.14. The highest BCUT2D eigenvalue weighted by Gasteiger charge is 2.26. The minimum Gasteiger partial charge on any atom is -0.484 e. The number of sulfonamides is 1. The molecule has 1 saturated heterocycles. The first-order valence-corrected chi connectivity index (χ1v) is 15.2. The van der Waals surface area contributed by atoms with E-state index in [2.05, 4.69) is 17.0 Å². The molecule has 5 rings (SSSR count). The second-order valence-electron chi connectivity index (χ2n) is 10.2. The summed E-state index contributed by atoms with van der Waals surface area (Å²) in [6.07, 6.45) is 0. The Bertz CT molecular complexity index is 1520. The number of carbonyl (C=O) groups is 1. The monoisotopic (exact) mass is 569 g/mol. The molecule has 0 radical (unpaired) electrons. The van der Waals surface area contributed by atoms with Gasteiger partial charge in [-0.3, -0.25) is 14.0 Å². The van der Waals surface area contributed by atoms with Crippen molar-refractivity contribution in [1.82, 2.24) is 9.80 Å². The first kappa shape index (κ1) is 28.4. The Balaban J connectivity index is 1.21. The summed E-state index contributed by atoms with van der Waals surface area (Å²) in [5.74, 6) is 0.457. The summed E-state index contributed by atoms with van der Waals surface area (Å²) in [5, 5.41) is 0. The number of anilines is 1. The van der Waals surface area contributed by atoms with Gasteiger partial charge in [0.25, 0.3) is 15.9 Å². The van der Waals surface area contributed by atoms with Crippen molar-refractivity contribution < 1.29 is 17.9 Å². The molecule has 7 nitrogen and oxygen atoms in total. The van der Waals surface area contributed by atoms with Crippen molar-refractivity contribution in [3.63, 3.8) is 0 Å². The fraction of sp³-hybridized carbons (Fsp3) is 0.242. The van der Waals surface area contributed by atoms with E-state index >= 15 is 0 Å². The van der Waals surface area contributed by atoms with Gasteiger partial charge < -0.3 is 9.64 Å². The predicted octanol–water partition coefficient (Wildman–Crippen LogP) is 5.11. The van der Waals surface area contributed by atoms with Crippen LogP contribution in [-0.2, 0) is 27.9 Å². The molecule has 212 valence electrons. The minimum absolute atomic E-state index is 0.0545. The maximum absolute atomic E-state index is 13.7. The van der Waals surface area contributed by atoms with Crippen LogP contribution in [-0.4, -0.2) is 56.9 Å². The fourth-order valence-corrected chi connectivity index (χ4v) is 6.30. The van der Waals surface area contributed by atoms with Crippen LogP contribution in [0, 0.1) is 6.92 Å². The topological polar surface area (TPSA) is 70.2 Å². The summed E-state index contributed by atoms with van der Waals surface area (Å²) in [6, 6.07) is 33.6. The quantitative estimate of drug-likeness (QED) is 0.265. The van der Waals surface area contributed by atoms with E-state index in [0.717, 1.165) is 30.8 Å². The fourth-order valence-electron chi connectivity index (χ4n) is 4.84. The highest BCUT2D eigenvalue weighted by Crippen LogP contribution is 2.28. The Morgan fingerprint density at radius 3 is 1.95 bits per heavy atom. The minimum atomic E-state index is -3.82. The zero-order valence-corrected chi connectivity index (χ0v) is 24.0. The maximum Gasteiger partial charge on any atom is 0.264 e. The SMILES string of the molecule is Cc1ccc(S(=O)(=O)N(Cc2ccccc2)c2ccc(OCC(=O)N3CCN(Cc4ccccc4)CC3)cc2)cc1. The van der Waals surface area contributed by atoms with E-state index in [9.17, 15) is 13.2 Å². The van der Waals surface area contributed by atoms with Crippen molar-refractivity contribution in [3.05, 3.63) is 126 Å². The number of amides is 1. The van der Waals surface area contributed by atoms with Crippen molar-refractivity contribution >= 4 is 21.6 Å². The smallest absolute Gasteiger partial charge is 0.264 e. The summed E-state index contributed by atoms with van der Waals surface area (Å²) < 4.78 is 34.6. The summed E-state index contributed by atoms with van der Waals surface area (Å²) in [7, 11) is -3.82. The van der Waals surface area contributed by atoms with Crippen LogP contribution in [0.4, 0.5) is 5.69 Å². The van der Waals surface area contributed by atoms with Crippen molar-refractivity contribution in [2.45, 2.75) is 24.9 Å². The number of ether oxygens (including phenoxy) is 1. The number of carbonyl (C=O) groups excluding carboxylic acids is 1. The van der Waals surface area contributed by atoms with E-state index in [1.54, 1.807) is 48.5 Å². The molecule has 1 heterocycles. The van der Waals surface area contributed by atoms with Crippen molar-refractivity contribution in [1.29, 1.82) is 0 Å². The van der Waals surface area contributed by atoms with Gasteiger partial charge in [-0.25, -0.2) is 8.42 Å². The molecular formula is C33H35N3O4S. The average molecular weight is 570 g/mol. The van der Waals surface area contributed by atoms with Crippen LogP contribution in [0.3, 0.4) is 0 Å². The third-order valence-electron chi connectivity index (χ3n) is 7.24. The molecule has 4 aromatic rings. The van der Waals surface area contributed by atoms with Gasteiger partial charge in [-0.05, 0) is 54.4 Å². The van der Waals surface area contributed by atoms with E-state index < -0.39 is 10.0 Å². The van der Waals surface area contributed by atoms with Crippen LogP contribution in [0.15, 0.2) is 114 Å². The predicted molar refractivity (Wildman–Crippen MR) is 161 cm³/mol. The van der Waals surface area contributed by atoms with E-state index in [1.807, 2.05) is 60.4 Å². The molecule has 0 aromatic heterocycles. The first-order valence-electron chi connectivity index (χ1n) is 13.8. The van der Waals surface area contributed by atoms with Gasteiger partial charge in [0.2, 0.25) is 0 Å². The molecule has 0 bridgehead atoms. The number of benzene rings is 4. The molecule has 0 N–H and O–H groups in total. The lowest BCUT2D eigenvalue weighted by Crippen LogP contribution is -2.49. The van der Waals surface area contributed by atoms with E-state index in [0.29, 0.717) is 24.5 Å². The lowest BCUT2D eigenvalue weighted by Gasteiger charge is -2.34. The Kier molecular flexibility index (Phi) is 9.01. The molecule has 0 spiro atoms. The molecule has 0 saturated carbocycles. The normalized spacial score (nSPS) is 14.0. The molecule has 4 aromatic carbocycles. The second-order valence-corrected chi connectivity index (χ2v) is 12.1. The summed E-state index contributed by atoms with van der Waals surface area (Å²) in [6.45, 7) is 5.91. The van der Waals surface area contributed by atoms with Crippen LogP contribution >= 0.6 is 0 Å². The van der Waals surface area contributed by atoms with Crippen molar-refractivity contribution in [2.24, 2.45) is 0 Å². The molecule has 8 heteroatoms. The van der Waals surface area contributed by atoms with Gasteiger partial charge in [-0.2, -0.15) is 0 Å². The van der Waals surface area contributed by atoms with Crippen LogP contribution in [0.25, 0.3) is 0 Å². The average Bonchev–Trinajstić information content (AvgIpc) is 3.00. The first-order chi connectivity index (χ1) is 19.9. The number of piperazine rings is 1. The van der Waals surface area contributed by atoms with Crippen LogP contribution < -0.4 is 9.04 Å². The summed E-state index contributed by atoms with van der Waals surface area (Å²) in [5.41, 5.74) is 3.65. The van der Waals surface area contributed by atoms with E-state index in [-0.39, 0.29) is 24.0 Å². The molecule has 1 aliphatic heterocycles. The largest absolute Gasteiger partial charge is 0.484 e. The van der Waals surface area contributed by atoms with Crippen LogP contribution in [0.5, 0.6) is 5.75 Å². The van der Waals surface area contributed by atoms with Gasteiger partial charge in [0.15, 0.2) is 6.61 Å². The van der Waals surface area contributed by atoms with Crippen LogP contribution in [0.1, 0.15) is 16.7 Å². The van der Waals surface area contributed by atoms with Gasteiger partial charge in [0, 0.05) is 32.7 Å². The Labute approximate surface area is 242 Å². The molecule has 1 fully saturated rings. The zero-order chi connectivity index (χ0) is 28.7. The number of aryl methyl sites for hydroxylation is 1. The lowest BCUT2D eigenvalue weighted by molar-refractivity contribution is -0.135. The Morgan fingerprint density at radius 2 is 1.34 bits per heavy atom. The molecule has 1 amide bonds.